The van der Waals surface area contributed by atoms with Gasteiger partial charge in [0.15, 0.2) is 11.5 Å². The van der Waals surface area contributed by atoms with Crippen molar-refractivity contribution in [1.29, 1.82) is 0 Å². The molecule has 0 heterocycles. The normalized spacial score (nSPS) is 10.4. The third kappa shape index (κ3) is 5.21. The second-order valence-corrected chi connectivity index (χ2v) is 5.24. The fraction of sp³-hybridized carbons (Fsp3) is 0.158. The van der Waals surface area contributed by atoms with Crippen LogP contribution in [0.3, 0.4) is 0 Å². The van der Waals surface area contributed by atoms with Gasteiger partial charge in [0.2, 0.25) is 5.75 Å². The zero-order valence-corrected chi connectivity index (χ0v) is 15.0. The maximum atomic E-state index is 12.8. The van der Waals surface area contributed by atoms with Crippen LogP contribution >= 0.6 is 0 Å². The third-order valence-electron chi connectivity index (χ3n) is 3.52. The summed E-state index contributed by atoms with van der Waals surface area (Å²) in [4.78, 5) is 24.1. The van der Waals surface area contributed by atoms with E-state index in [-0.39, 0.29) is 11.4 Å². The van der Waals surface area contributed by atoms with E-state index in [1.807, 2.05) is 0 Å². The van der Waals surface area contributed by atoms with Crippen molar-refractivity contribution >= 4 is 17.9 Å². The molecular weight excluding hydrogens is 355 g/mol. The molecule has 0 aliphatic carbocycles. The highest BCUT2D eigenvalue weighted by molar-refractivity contribution is 5.98. The molecule has 8 heteroatoms. The van der Waals surface area contributed by atoms with E-state index in [4.69, 9.17) is 14.2 Å². The molecular formula is C19H19FN2O5. The molecule has 2 rings (SSSR count). The van der Waals surface area contributed by atoms with E-state index >= 15 is 0 Å². The summed E-state index contributed by atoms with van der Waals surface area (Å²) in [6.07, 6.45) is 2.70. The number of hydrazine groups is 1. The van der Waals surface area contributed by atoms with Crippen molar-refractivity contribution in [3.8, 4) is 17.2 Å². The lowest BCUT2D eigenvalue weighted by Crippen LogP contribution is -2.40. The van der Waals surface area contributed by atoms with E-state index in [1.165, 1.54) is 69.9 Å². The molecule has 142 valence electrons. The molecule has 0 radical (unpaired) electrons. The van der Waals surface area contributed by atoms with Crippen LogP contribution in [0.2, 0.25) is 0 Å². The Labute approximate surface area is 155 Å². The van der Waals surface area contributed by atoms with Crippen LogP contribution in [0.5, 0.6) is 17.2 Å². The Balaban J connectivity index is 2.02. The lowest BCUT2D eigenvalue weighted by Gasteiger charge is -2.14. The highest BCUT2D eigenvalue weighted by Gasteiger charge is 2.17. The van der Waals surface area contributed by atoms with Crippen LogP contribution in [0.1, 0.15) is 15.9 Å². The van der Waals surface area contributed by atoms with Gasteiger partial charge < -0.3 is 14.2 Å². The molecule has 0 fully saturated rings. The van der Waals surface area contributed by atoms with Crippen molar-refractivity contribution in [2.45, 2.75) is 0 Å². The van der Waals surface area contributed by atoms with Gasteiger partial charge in [0.05, 0.1) is 21.3 Å². The fourth-order valence-electron chi connectivity index (χ4n) is 2.19. The first-order chi connectivity index (χ1) is 13.0. The van der Waals surface area contributed by atoms with Gasteiger partial charge in [0.1, 0.15) is 5.82 Å². The van der Waals surface area contributed by atoms with Gasteiger partial charge in [0, 0.05) is 11.6 Å². The summed E-state index contributed by atoms with van der Waals surface area (Å²) < 4.78 is 28.4. The monoisotopic (exact) mass is 374 g/mol. The first kappa shape index (κ1) is 19.8. The molecule has 0 atom stereocenters. The Morgan fingerprint density at radius 3 is 2.04 bits per heavy atom. The molecule has 2 N–H and O–H groups in total. The summed E-state index contributed by atoms with van der Waals surface area (Å²) in [5, 5.41) is 0. The molecule has 0 aliphatic heterocycles. The Kier molecular flexibility index (Phi) is 6.76. The first-order valence-corrected chi connectivity index (χ1v) is 7.82. The van der Waals surface area contributed by atoms with Crippen molar-refractivity contribution in [3.05, 3.63) is 59.4 Å². The molecule has 27 heavy (non-hydrogen) atoms. The minimum Gasteiger partial charge on any atom is -0.493 e. The predicted octanol–water partition coefficient (Wildman–Crippen LogP) is 2.33. The summed E-state index contributed by atoms with van der Waals surface area (Å²) in [7, 11) is 4.32. The van der Waals surface area contributed by atoms with Gasteiger partial charge in [-0.15, -0.1) is 0 Å². The molecule has 0 spiro atoms. The van der Waals surface area contributed by atoms with Gasteiger partial charge in [-0.1, -0.05) is 12.1 Å². The second kappa shape index (κ2) is 9.23. The van der Waals surface area contributed by atoms with E-state index in [1.54, 1.807) is 0 Å². The minimum absolute atomic E-state index is 0.201. The Morgan fingerprint density at radius 2 is 1.52 bits per heavy atom. The summed E-state index contributed by atoms with van der Waals surface area (Å²) in [5.41, 5.74) is 5.38. The van der Waals surface area contributed by atoms with Crippen molar-refractivity contribution < 1.29 is 28.2 Å². The number of carbonyl (C=O) groups is 2. The second-order valence-electron chi connectivity index (χ2n) is 5.24. The standard InChI is InChI=1S/C19H19FN2O5/c1-25-15-10-13(11-16(26-2)18(15)27-3)19(24)22-21-17(23)9-6-12-4-7-14(20)8-5-12/h4-11H,1-3H3,(H,21,23)(H,22,24)/b9-6+. The molecule has 2 amide bonds. The lowest BCUT2D eigenvalue weighted by atomic mass is 10.1. The third-order valence-corrected chi connectivity index (χ3v) is 3.52. The van der Waals surface area contributed by atoms with Crippen molar-refractivity contribution in [2.75, 3.05) is 21.3 Å². The van der Waals surface area contributed by atoms with E-state index in [9.17, 15) is 14.0 Å². The molecule has 7 nitrogen and oxygen atoms in total. The number of hydrogen-bond acceptors (Lipinski definition) is 5. The zero-order valence-electron chi connectivity index (χ0n) is 15.0. The van der Waals surface area contributed by atoms with Crippen LogP contribution < -0.4 is 25.1 Å². The Hall–Kier alpha value is -3.55. The van der Waals surface area contributed by atoms with Crippen LogP contribution in [-0.4, -0.2) is 33.1 Å². The number of carbonyl (C=O) groups excluding carboxylic acids is 2. The number of ether oxygens (including phenoxy) is 3. The highest BCUT2D eigenvalue weighted by atomic mass is 19.1. The average molecular weight is 374 g/mol. The maximum Gasteiger partial charge on any atom is 0.269 e. The van der Waals surface area contributed by atoms with Gasteiger partial charge in [-0.2, -0.15) is 0 Å². The molecule has 2 aromatic rings. The smallest absolute Gasteiger partial charge is 0.269 e. The summed E-state index contributed by atoms with van der Waals surface area (Å²) >= 11 is 0. The molecule has 0 saturated carbocycles. The minimum atomic E-state index is -0.571. The number of rotatable bonds is 6. The summed E-state index contributed by atoms with van der Waals surface area (Å²) in [5.74, 6) is -0.524. The Bertz CT molecular complexity index is 825. The summed E-state index contributed by atoms with van der Waals surface area (Å²) in [6.45, 7) is 0. The van der Waals surface area contributed by atoms with Crippen LogP contribution in [-0.2, 0) is 4.79 Å². The predicted molar refractivity (Wildman–Crippen MR) is 97.1 cm³/mol. The molecule has 0 bridgehead atoms. The van der Waals surface area contributed by atoms with Crippen molar-refractivity contribution in [1.82, 2.24) is 10.9 Å². The SMILES string of the molecule is COc1cc(C(=O)NNC(=O)/C=C/c2ccc(F)cc2)cc(OC)c1OC. The van der Waals surface area contributed by atoms with E-state index < -0.39 is 11.8 Å². The van der Waals surface area contributed by atoms with Crippen molar-refractivity contribution in [2.24, 2.45) is 0 Å². The van der Waals surface area contributed by atoms with E-state index in [0.29, 0.717) is 22.8 Å². The van der Waals surface area contributed by atoms with Gasteiger partial charge >= 0.3 is 0 Å². The van der Waals surface area contributed by atoms with Gasteiger partial charge in [-0.25, -0.2) is 4.39 Å². The van der Waals surface area contributed by atoms with Gasteiger partial charge in [0.25, 0.3) is 11.8 Å². The molecule has 0 saturated heterocycles. The lowest BCUT2D eigenvalue weighted by molar-refractivity contribution is -0.117. The van der Waals surface area contributed by atoms with Crippen LogP contribution in [0.15, 0.2) is 42.5 Å². The van der Waals surface area contributed by atoms with E-state index in [2.05, 4.69) is 10.9 Å². The number of halogens is 1. The molecule has 0 aliphatic rings. The van der Waals surface area contributed by atoms with Crippen LogP contribution in [0.4, 0.5) is 4.39 Å². The molecule has 0 unspecified atom stereocenters. The zero-order chi connectivity index (χ0) is 19.8. The number of amides is 2. The van der Waals surface area contributed by atoms with Crippen molar-refractivity contribution in [3.63, 3.8) is 0 Å². The largest absolute Gasteiger partial charge is 0.493 e. The van der Waals surface area contributed by atoms with E-state index in [0.717, 1.165) is 0 Å². The number of nitrogens with one attached hydrogen (secondary N) is 2. The Morgan fingerprint density at radius 1 is 0.926 bits per heavy atom. The number of hydrogen-bond donors (Lipinski definition) is 2. The van der Waals surface area contributed by atoms with Gasteiger partial charge in [-0.3, -0.25) is 20.4 Å². The van der Waals surface area contributed by atoms with Crippen LogP contribution in [0, 0.1) is 5.82 Å². The number of benzene rings is 2. The fourth-order valence-corrected chi connectivity index (χ4v) is 2.19. The highest BCUT2D eigenvalue weighted by Crippen LogP contribution is 2.38. The maximum absolute atomic E-state index is 12.8. The molecule has 2 aromatic carbocycles. The quantitative estimate of drug-likeness (QED) is 0.599. The number of methoxy groups -OCH3 is 3. The topological polar surface area (TPSA) is 85.9 Å². The van der Waals surface area contributed by atoms with Gasteiger partial charge in [-0.05, 0) is 35.9 Å². The van der Waals surface area contributed by atoms with Crippen LogP contribution in [0.25, 0.3) is 6.08 Å². The summed E-state index contributed by atoms with van der Waals surface area (Å²) in [6, 6.07) is 8.52. The first-order valence-electron chi connectivity index (χ1n) is 7.82. The molecule has 0 aromatic heterocycles. The average Bonchev–Trinajstić information content (AvgIpc) is 2.70.